The van der Waals surface area contributed by atoms with E-state index >= 15 is 0 Å². The van der Waals surface area contributed by atoms with E-state index in [2.05, 4.69) is 20.4 Å². The lowest BCUT2D eigenvalue weighted by atomic mass is 10.1. The molecule has 1 aromatic heterocycles. The van der Waals surface area contributed by atoms with Gasteiger partial charge in [0, 0.05) is 11.1 Å². The first-order valence-corrected chi connectivity index (χ1v) is 8.80. The van der Waals surface area contributed by atoms with Gasteiger partial charge in [0.2, 0.25) is 0 Å². The number of esters is 1. The molecule has 0 saturated carbocycles. The number of nitrogens with one attached hydrogen (secondary N) is 1. The Balaban J connectivity index is 1.84. The minimum atomic E-state index is -0.876. The number of primary amides is 1. The second kappa shape index (κ2) is 8.78. The zero-order valence-corrected chi connectivity index (χ0v) is 15.8. The fourth-order valence-corrected chi connectivity index (χ4v) is 2.74. The molecular weight excluding hydrogens is 392 g/mol. The van der Waals surface area contributed by atoms with E-state index < -0.39 is 24.4 Å². The standard InChI is InChI=1S/C19H16N6O5/c1-2-29-14(27)8-22-13(26)9-30-25-16-11-6-4-3-5-10(11)15-18(16)23-12(7-20)17(24-15)19(21)28/h3-6H,2,8-9H2,1H3,(H2,21,28)(H,22,26)/b25-16+. The molecule has 11 nitrogen and oxygen atoms in total. The van der Waals surface area contributed by atoms with Crippen LogP contribution in [0.1, 0.15) is 34.4 Å². The first kappa shape index (κ1) is 20.4. The molecule has 0 aliphatic heterocycles. The summed E-state index contributed by atoms with van der Waals surface area (Å²) in [6.07, 6.45) is 0. The van der Waals surface area contributed by atoms with Crippen LogP contribution in [0.15, 0.2) is 29.4 Å². The summed E-state index contributed by atoms with van der Waals surface area (Å²) in [7, 11) is 0. The van der Waals surface area contributed by atoms with Gasteiger partial charge in [-0.15, -0.1) is 0 Å². The minimum Gasteiger partial charge on any atom is -0.465 e. The van der Waals surface area contributed by atoms with E-state index in [4.69, 9.17) is 15.3 Å². The quantitative estimate of drug-likeness (QED) is 0.402. The van der Waals surface area contributed by atoms with Gasteiger partial charge in [0.05, 0.1) is 6.61 Å². The van der Waals surface area contributed by atoms with Crippen molar-refractivity contribution in [3.05, 3.63) is 46.9 Å². The Kier molecular flexibility index (Phi) is 5.97. The Morgan fingerprint density at radius 3 is 2.60 bits per heavy atom. The Hall–Kier alpha value is -4.33. The van der Waals surface area contributed by atoms with Crippen LogP contribution in [0, 0.1) is 11.3 Å². The fourth-order valence-electron chi connectivity index (χ4n) is 2.74. The molecule has 30 heavy (non-hydrogen) atoms. The molecule has 0 bridgehead atoms. The Morgan fingerprint density at radius 2 is 1.93 bits per heavy atom. The van der Waals surface area contributed by atoms with Crippen molar-refractivity contribution >= 4 is 23.5 Å². The Labute approximate surface area is 170 Å². The number of nitrogens with two attached hydrogens (primary N) is 1. The van der Waals surface area contributed by atoms with Gasteiger partial charge in [-0.3, -0.25) is 14.4 Å². The number of nitrogens with zero attached hydrogens (tertiary/aromatic N) is 4. The van der Waals surface area contributed by atoms with Gasteiger partial charge in [-0.25, -0.2) is 9.97 Å². The maximum absolute atomic E-state index is 11.8. The van der Waals surface area contributed by atoms with Crippen LogP contribution < -0.4 is 11.1 Å². The maximum Gasteiger partial charge on any atom is 0.325 e. The summed E-state index contributed by atoms with van der Waals surface area (Å²) >= 11 is 0. The van der Waals surface area contributed by atoms with E-state index in [0.717, 1.165) is 0 Å². The van der Waals surface area contributed by atoms with Crippen LogP contribution in [0.3, 0.4) is 0 Å². The van der Waals surface area contributed by atoms with Crippen molar-refractivity contribution in [2.75, 3.05) is 19.8 Å². The third-order valence-corrected chi connectivity index (χ3v) is 3.98. The van der Waals surface area contributed by atoms with Gasteiger partial charge in [0.15, 0.2) is 18.0 Å². The number of amides is 2. The van der Waals surface area contributed by atoms with Crippen LogP contribution in [0.2, 0.25) is 0 Å². The first-order chi connectivity index (χ1) is 14.5. The monoisotopic (exact) mass is 408 g/mol. The van der Waals surface area contributed by atoms with Crippen LogP contribution in [-0.2, 0) is 19.2 Å². The van der Waals surface area contributed by atoms with Crippen LogP contribution in [0.4, 0.5) is 0 Å². The summed E-state index contributed by atoms with van der Waals surface area (Å²) in [5.41, 5.74) is 6.84. The van der Waals surface area contributed by atoms with E-state index in [0.29, 0.717) is 16.8 Å². The smallest absolute Gasteiger partial charge is 0.325 e. The van der Waals surface area contributed by atoms with E-state index in [9.17, 15) is 19.6 Å². The van der Waals surface area contributed by atoms with Gasteiger partial charge in [-0.05, 0) is 6.92 Å². The topological polar surface area (TPSA) is 170 Å². The van der Waals surface area contributed by atoms with Crippen molar-refractivity contribution in [3.63, 3.8) is 0 Å². The van der Waals surface area contributed by atoms with Crippen LogP contribution >= 0.6 is 0 Å². The lowest BCUT2D eigenvalue weighted by Gasteiger charge is -2.05. The number of rotatable bonds is 7. The van der Waals surface area contributed by atoms with Crippen molar-refractivity contribution in [1.82, 2.24) is 15.3 Å². The molecule has 1 aliphatic carbocycles. The fraction of sp³-hybridized carbons (Fsp3) is 0.211. The van der Waals surface area contributed by atoms with Gasteiger partial charge in [-0.2, -0.15) is 5.26 Å². The van der Waals surface area contributed by atoms with Crippen molar-refractivity contribution in [1.29, 1.82) is 5.26 Å². The van der Waals surface area contributed by atoms with Gasteiger partial charge >= 0.3 is 5.97 Å². The third kappa shape index (κ3) is 4.07. The maximum atomic E-state index is 11.8. The molecule has 0 spiro atoms. The number of oxime groups is 1. The highest BCUT2D eigenvalue weighted by Crippen LogP contribution is 2.35. The molecule has 0 saturated heterocycles. The van der Waals surface area contributed by atoms with Crippen LogP contribution in [0.5, 0.6) is 0 Å². The Morgan fingerprint density at radius 1 is 1.20 bits per heavy atom. The van der Waals surface area contributed by atoms with E-state index in [1.165, 1.54) is 0 Å². The predicted molar refractivity (Wildman–Crippen MR) is 102 cm³/mol. The minimum absolute atomic E-state index is 0.209. The van der Waals surface area contributed by atoms with Gasteiger partial charge in [-0.1, -0.05) is 29.4 Å². The lowest BCUT2D eigenvalue weighted by molar-refractivity contribution is -0.143. The normalized spacial score (nSPS) is 12.5. The van der Waals surface area contributed by atoms with Crippen molar-refractivity contribution in [2.24, 2.45) is 10.9 Å². The second-order valence-corrected chi connectivity index (χ2v) is 5.93. The molecule has 3 N–H and O–H groups in total. The van der Waals surface area contributed by atoms with E-state index in [1.54, 1.807) is 37.3 Å². The molecule has 1 aliphatic rings. The number of hydrogen-bond acceptors (Lipinski definition) is 9. The molecule has 1 aromatic carbocycles. The number of hydrogen-bond donors (Lipinski definition) is 2. The number of ether oxygens (including phenoxy) is 1. The molecule has 2 aromatic rings. The number of benzene rings is 1. The third-order valence-electron chi connectivity index (χ3n) is 3.98. The van der Waals surface area contributed by atoms with Crippen LogP contribution in [0.25, 0.3) is 11.3 Å². The summed E-state index contributed by atoms with van der Waals surface area (Å²) < 4.78 is 4.71. The molecule has 3 rings (SSSR count). The number of nitriles is 1. The van der Waals surface area contributed by atoms with E-state index in [-0.39, 0.29) is 35.9 Å². The van der Waals surface area contributed by atoms with E-state index in [1.807, 2.05) is 0 Å². The van der Waals surface area contributed by atoms with Gasteiger partial charge in [0.25, 0.3) is 11.8 Å². The summed E-state index contributed by atoms with van der Waals surface area (Å²) in [5, 5.41) is 15.6. The van der Waals surface area contributed by atoms with Crippen LogP contribution in [-0.4, -0.2) is 53.2 Å². The SMILES string of the molecule is CCOC(=O)CNC(=O)CO/N=C1\c2ccccc2-c2nc(C(N)=O)c(C#N)nc21. The summed E-state index contributed by atoms with van der Waals surface area (Å²) in [4.78, 5) is 48.2. The largest absolute Gasteiger partial charge is 0.465 e. The highest BCUT2D eigenvalue weighted by atomic mass is 16.6. The molecule has 0 atom stereocenters. The number of carbonyl (C=O) groups is 3. The first-order valence-electron chi connectivity index (χ1n) is 8.80. The average Bonchev–Trinajstić information content (AvgIpc) is 3.04. The highest BCUT2D eigenvalue weighted by Gasteiger charge is 2.31. The predicted octanol–water partition coefficient (Wildman–Crippen LogP) is -0.124. The van der Waals surface area contributed by atoms with Gasteiger partial charge < -0.3 is 20.6 Å². The number of aromatic nitrogens is 2. The molecule has 152 valence electrons. The zero-order valence-electron chi connectivity index (χ0n) is 15.8. The van der Waals surface area contributed by atoms with Crippen molar-refractivity contribution in [2.45, 2.75) is 6.92 Å². The second-order valence-electron chi connectivity index (χ2n) is 5.93. The molecular formula is C19H16N6O5. The molecule has 0 radical (unpaired) electrons. The highest BCUT2D eigenvalue weighted by molar-refractivity contribution is 6.22. The van der Waals surface area contributed by atoms with Crippen molar-refractivity contribution < 1.29 is 24.0 Å². The molecule has 11 heteroatoms. The van der Waals surface area contributed by atoms with Gasteiger partial charge in [0.1, 0.15) is 29.7 Å². The molecule has 2 amide bonds. The lowest BCUT2D eigenvalue weighted by Crippen LogP contribution is -2.33. The summed E-state index contributed by atoms with van der Waals surface area (Å²) in [6.45, 7) is 1.12. The average molecular weight is 408 g/mol. The Bertz CT molecular complexity index is 1110. The molecule has 0 fully saturated rings. The number of fused-ring (bicyclic) bond motifs is 3. The molecule has 1 heterocycles. The zero-order chi connectivity index (χ0) is 21.7. The van der Waals surface area contributed by atoms with Crippen molar-refractivity contribution in [3.8, 4) is 17.3 Å². The molecule has 0 unspecified atom stereocenters. The number of carbonyl (C=O) groups excluding carboxylic acids is 3. The summed E-state index contributed by atoms with van der Waals surface area (Å²) in [6, 6.07) is 8.79. The summed E-state index contributed by atoms with van der Waals surface area (Å²) in [5.74, 6) is -2.02.